The van der Waals surface area contributed by atoms with Crippen molar-refractivity contribution in [3.05, 3.63) is 35.4 Å². The first-order valence-corrected chi connectivity index (χ1v) is 7.08. The number of methoxy groups -OCH3 is 1. The van der Waals surface area contributed by atoms with Gasteiger partial charge in [0.05, 0.1) is 6.61 Å². The molecule has 1 N–H and O–H groups in total. The average molecular weight is 263 g/mol. The van der Waals surface area contributed by atoms with E-state index in [1.54, 1.807) is 7.11 Å². The Kier molecular flexibility index (Phi) is 5.37. The van der Waals surface area contributed by atoms with Crippen LogP contribution in [0.5, 0.6) is 0 Å². The first-order valence-electron chi connectivity index (χ1n) is 7.08. The van der Waals surface area contributed by atoms with Gasteiger partial charge in [-0.3, -0.25) is 0 Å². The molecule has 1 aromatic rings. The maximum atomic E-state index is 5.44. The smallest absolute Gasteiger partial charge is 0.0716 e. The molecule has 0 aromatic heterocycles. The molecule has 1 aromatic carbocycles. The number of hydrogen-bond acceptors (Lipinski definition) is 3. The van der Waals surface area contributed by atoms with Crippen LogP contribution in [0.2, 0.25) is 0 Å². The van der Waals surface area contributed by atoms with E-state index in [0.29, 0.717) is 12.0 Å². The van der Waals surface area contributed by atoms with E-state index in [2.05, 4.69) is 36.5 Å². The van der Waals surface area contributed by atoms with Gasteiger partial charge in [0.15, 0.2) is 0 Å². The molecule has 3 nitrogen and oxygen atoms in total. The molecule has 0 bridgehead atoms. The van der Waals surface area contributed by atoms with Crippen LogP contribution in [0.15, 0.2) is 24.3 Å². The zero-order valence-electron chi connectivity index (χ0n) is 12.1. The third-order valence-corrected chi connectivity index (χ3v) is 3.99. The van der Waals surface area contributed by atoms with Crippen LogP contribution in [0, 0.1) is 5.41 Å². The minimum Gasteiger partial charge on any atom is -0.381 e. The molecule has 0 radical (unpaired) electrons. The van der Waals surface area contributed by atoms with E-state index in [-0.39, 0.29) is 0 Å². The summed E-state index contributed by atoms with van der Waals surface area (Å²) in [5, 5.41) is 3.60. The maximum Gasteiger partial charge on any atom is 0.0716 e. The highest BCUT2D eigenvalue weighted by molar-refractivity contribution is 5.26. The van der Waals surface area contributed by atoms with E-state index in [1.165, 1.54) is 11.1 Å². The predicted octanol–water partition coefficient (Wildman–Crippen LogP) is 2.74. The van der Waals surface area contributed by atoms with Crippen molar-refractivity contribution in [3.8, 4) is 0 Å². The van der Waals surface area contributed by atoms with Crippen molar-refractivity contribution in [3.63, 3.8) is 0 Å². The molecule has 1 aliphatic rings. The van der Waals surface area contributed by atoms with Gasteiger partial charge in [-0.15, -0.1) is 0 Å². The van der Waals surface area contributed by atoms with E-state index >= 15 is 0 Å². The number of ether oxygens (including phenoxy) is 2. The van der Waals surface area contributed by atoms with Crippen LogP contribution in [0.4, 0.5) is 0 Å². The van der Waals surface area contributed by atoms with Crippen molar-refractivity contribution in [2.75, 3.05) is 26.9 Å². The van der Waals surface area contributed by atoms with Crippen molar-refractivity contribution in [1.29, 1.82) is 0 Å². The summed E-state index contributed by atoms with van der Waals surface area (Å²) in [6.45, 7) is 6.80. The summed E-state index contributed by atoms with van der Waals surface area (Å²) in [5.74, 6) is 0. The molecule has 106 valence electrons. The molecule has 1 heterocycles. The second-order valence-electron chi connectivity index (χ2n) is 5.73. The minimum atomic E-state index is 0.383. The summed E-state index contributed by atoms with van der Waals surface area (Å²) in [6, 6.07) is 8.47. The first-order chi connectivity index (χ1) is 9.23. The Hall–Kier alpha value is -0.900. The highest BCUT2D eigenvalue weighted by Crippen LogP contribution is 2.28. The Labute approximate surface area is 116 Å². The molecule has 1 saturated heterocycles. The SMILES string of the molecule is COCc1ccccc1CNCC1(C)CCOCC1. The lowest BCUT2D eigenvalue weighted by atomic mass is 9.82. The monoisotopic (exact) mass is 263 g/mol. The van der Waals surface area contributed by atoms with Crippen LogP contribution in [-0.2, 0) is 22.6 Å². The summed E-state index contributed by atoms with van der Waals surface area (Å²) in [6.07, 6.45) is 2.30. The summed E-state index contributed by atoms with van der Waals surface area (Å²) in [4.78, 5) is 0. The second-order valence-corrected chi connectivity index (χ2v) is 5.73. The molecule has 0 unspecified atom stereocenters. The fourth-order valence-corrected chi connectivity index (χ4v) is 2.57. The molecule has 1 fully saturated rings. The predicted molar refractivity (Wildman–Crippen MR) is 77.0 cm³/mol. The second kappa shape index (κ2) is 7.04. The van der Waals surface area contributed by atoms with E-state index in [4.69, 9.17) is 9.47 Å². The van der Waals surface area contributed by atoms with Gasteiger partial charge in [0.25, 0.3) is 0 Å². The van der Waals surface area contributed by atoms with Gasteiger partial charge in [-0.1, -0.05) is 31.2 Å². The Bertz CT molecular complexity index is 386. The van der Waals surface area contributed by atoms with Gasteiger partial charge in [-0.2, -0.15) is 0 Å². The quantitative estimate of drug-likeness (QED) is 0.856. The van der Waals surface area contributed by atoms with E-state index in [9.17, 15) is 0 Å². The van der Waals surface area contributed by atoms with Crippen molar-refractivity contribution >= 4 is 0 Å². The maximum absolute atomic E-state index is 5.44. The number of benzene rings is 1. The van der Waals surface area contributed by atoms with Crippen molar-refractivity contribution < 1.29 is 9.47 Å². The molecule has 0 saturated carbocycles. The third-order valence-electron chi connectivity index (χ3n) is 3.99. The van der Waals surface area contributed by atoms with Crippen LogP contribution in [0.1, 0.15) is 30.9 Å². The van der Waals surface area contributed by atoms with Crippen molar-refractivity contribution in [1.82, 2.24) is 5.32 Å². The zero-order valence-corrected chi connectivity index (χ0v) is 12.1. The lowest BCUT2D eigenvalue weighted by Crippen LogP contribution is -2.36. The minimum absolute atomic E-state index is 0.383. The summed E-state index contributed by atoms with van der Waals surface area (Å²) in [7, 11) is 1.74. The molecule has 0 aliphatic carbocycles. The van der Waals surface area contributed by atoms with Gasteiger partial charge in [0.2, 0.25) is 0 Å². The highest BCUT2D eigenvalue weighted by Gasteiger charge is 2.26. The summed E-state index contributed by atoms with van der Waals surface area (Å²) in [5.41, 5.74) is 2.99. The largest absolute Gasteiger partial charge is 0.381 e. The topological polar surface area (TPSA) is 30.5 Å². The van der Waals surface area contributed by atoms with Crippen LogP contribution >= 0.6 is 0 Å². The number of rotatable bonds is 6. The molecule has 19 heavy (non-hydrogen) atoms. The lowest BCUT2D eigenvalue weighted by molar-refractivity contribution is 0.0240. The van der Waals surface area contributed by atoms with Gasteiger partial charge in [-0.05, 0) is 29.4 Å². The molecule has 3 heteroatoms. The molecular formula is C16H25NO2. The number of nitrogens with one attached hydrogen (secondary N) is 1. The molecule has 0 spiro atoms. The molecule has 2 rings (SSSR count). The standard InChI is InChI=1S/C16H25NO2/c1-16(7-9-19-10-8-16)13-17-11-14-5-3-4-6-15(14)12-18-2/h3-6,17H,7-13H2,1-2H3. The van der Waals surface area contributed by atoms with Crippen LogP contribution < -0.4 is 5.32 Å². The Morgan fingerprint density at radius 2 is 1.89 bits per heavy atom. The van der Waals surface area contributed by atoms with Gasteiger partial charge in [0.1, 0.15) is 0 Å². The molecule has 0 atom stereocenters. The number of hydrogen-bond donors (Lipinski definition) is 1. The van der Waals surface area contributed by atoms with Gasteiger partial charge >= 0.3 is 0 Å². The molecule has 1 aliphatic heterocycles. The third kappa shape index (κ3) is 4.30. The fourth-order valence-electron chi connectivity index (χ4n) is 2.57. The van der Waals surface area contributed by atoms with Crippen LogP contribution in [-0.4, -0.2) is 26.9 Å². The fraction of sp³-hybridized carbons (Fsp3) is 0.625. The zero-order chi connectivity index (χ0) is 13.6. The molecule has 0 amide bonds. The normalized spacial score (nSPS) is 18.4. The highest BCUT2D eigenvalue weighted by atomic mass is 16.5. The van der Waals surface area contributed by atoms with Crippen molar-refractivity contribution in [2.45, 2.75) is 32.9 Å². The van der Waals surface area contributed by atoms with Gasteiger partial charge in [-0.25, -0.2) is 0 Å². The first kappa shape index (κ1) is 14.5. The molecular weight excluding hydrogens is 238 g/mol. The Morgan fingerprint density at radius 3 is 2.58 bits per heavy atom. The van der Waals surface area contributed by atoms with Crippen molar-refractivity contribution in [2.24, 2.45) is 5.41 Å². The summed E-state index contributed by atoms with van der Waals surface area (Å²) < 4.78 is 10.7. The van der Waals surface area contributed by atoms with Crippen LogP contribution in [0.25, 0.3) is 0 Å². The van der Waals surface area contributed by atoms with Gasteiger partial charge < -0.3 is 14.8 Å². The van der Waals surface area contributed by atoms with E-state index in [1.807, 2.05) is 0 Å². The van der Waals surface area contributed by atoms with Crippen LogP contribution in [0.3, 0.4) is 0 Å². The summed E-state index contributed by atoms with van der Waals surface area (Å²) >= 11 is 0. The van der Waals surface area contributed by atoms with E-state index in [0.717, 1.165) is 39.1 Å². The average Bonchev–Trinajstić information content (AvgIpc) is 2.42. The Balaban J connectivity index is 1.85. The van der Waals surface area contributed by atoms with E-state index < -0.39 is 0 Å². The lowest BCUT2D eigenvalue weighted by Gasteiger charge is -2.33. The van der Waals surface area contributed by atoms with Gasteiger partial charge in [0, 0.05) is 33.4 Å². The Morgan fingerprint density at radius 1 is 1.21 bits per heavy atom.